The number of aromatic carboxylic acids is 1. The van der Waals surface area contributed by atoms with Gasteiger partial charge in [-0.05, 0) is 41.4 Å². The number of rotatable bonds is 6. The molecule has 0 aliphatic rings. The number of aromatic nitrogens is 3. The summed E-state index contributed by atoms with van der Waals surface area (Å²) >= 11 is 3.53. The van der Waals surface area contributed by atoms with Gasteiger partial charge in [-0.25, -0.2) is 9.78 Å². The van der Waals surface area contributed by atoms with E-state index in [-0.39, 0.29) is 18.1 Å². The first-order valence-corrected chi connectivity index (χ1v) is 7.42. The maximum atomic E-state index is 11.1. The van der Waals surface area contributed by atoms with Crippen LogP contribution in [0, 0.1) is 0 Å². The number of pyridine rings is 1. The zero-order valence-corrected chi connectivity index (χ0v) is 13.4. The van der Waals surface area contributed by atoms with E-state index >= 15 is 0 Å². The monoisotopic (exact) mass is 353 g/mol. The number of carboxylic acid groups (broad SMARTS) is 1. The van der Waals surface area contributed by atoms with Gasteiger partial charge in [0.25, 0.3) is 0 Å². The second-order valence-corrected chi connectivity index (χ2v) is 5.11. The fourth-order valence-electron chi connectivity index (χ4n) is 1.97. The molecule has 0 radical (unpaired) electrons. The van der Waals surface area contributed by atoms with Crippen LogP contribution in [0.5, 0.6) is 5.75 Å². The first kappa shape index (κ1) is 15.5. The van der Waals surface area contributed by atoms with E-state index in [1.807, 2.05) is 18.5 Å². The Morgan fingerprint density at radius 2 is 2.24 bits per heavy atom. The van der Waals surface area contributed by atoms with Crippen molar-refractivity contribution in [2.24, 2.45) is 0 Å². The second-order valence-electron chi connectivity index (χ2n) is 4.32. The fourth-order valence-corrected chi connectivity index (χ4v) is 2.65. The third kappa shape index (κ3) is 3.24. The van der Waals surface area contributed by atoms with Gasteiger partial charge in [-0.1, -0.05) is 6.92 Å². The Bertz CT molecular complexity index is 655. The number of carboxylic acids is 1. The van der Waals surface area contributed by atoms with Crippen LogP contribution in [0.25, 0.3) is 0 Å². The zero-order valence-electron chi connectivity index (χ0n) is 11.8. The van der Waals surface area contributed by atoms with Crippen LogP contribution in [0.15, 0.2) is 22.8 Å². The normalized spacial score (nSPS) is 10.6. The van der Waals surface area contributed by atoms with Gasteiger partial charge in [-0.15, -0.1) is 0 Å². The lowest BCUT2D eigenvalue weighted by molar-refractivity contribution is 0.0684. The van der Waals surface area contributed by atoms with Gasteiger partial charge in [-0.2, -0.15) is 5.10 Å². The van der Waals surface area contributed by atoms with Crippen molar-refractivity contribution in [3.05, 3.63) is 39.9 Å². The van der Waals surface area contributed by atoms with Gasteiger partial charge in [0.05, 0.1) is 15.9 Å². The van der Waals surface area contributed by atoms with Crippen LogP contribution in [0.1, 0.15) is 35.7 Å². The standard InChI is InChI=1S/C14H16BrN3O3/c1-3-9-12(15)10(18(4-2)17-9)8-21-11-6-5-7-16-13(11)14(19)20/h5-7H,3-4,8H2,1-2H3,(H,19,20). The Hall–Kier alpha value is -1.89. The van der Waals surface area contributed by atoms with Crippen LogP contribution >= 0.6 is 15.9 Å². The second kappa shape index (κ2) is 6.71. The molecule has 112 valence electrons. The Kier molecular flexibility index (Phi) is 4.95. The predicted octanol–water partition coefficient (Wildman–Crippen LogP) is 2.90. The van der Waals surface area contributed by atoms with Gasteiger partial charge >= 0.3 is 5.97 Å². The molecule has 2 aromatic heterocycles. The average molecular weight is 354 g/mol. The summed E-state index contributed by atoms with van der Waals surface area (Å²) in [6.07, 6.45) is 2.24. The molecule has 0 amide bonds. The van der Waals surface area contributed by atoms with Gasteiger partial charge in [0.2, 0.25) is 0 Å². The van der Waals surface area contributed by atoms with Crippen LogP contribution in [0.3, 0.4) is 0 Å². The Morgan fingerprint density at radius 3 is 2.86 bits per heavy atom. The van der Waals surface area contributed by atoms with Gasteiger partial charge in [0, 0.05) is 12.7 Å². The molecule has 0 bridgehead atoms. The summed E-state index contributed by atoms with van der Waals surface area (Å²) in [5, 5.41) is 13.6. The summed E-state index contributed by atoms with van der Waals surface area (Å²) in [5.74, 6) is -0.860. The van der Waals surface area contributed by atoms with Crippen LogP contribution in [0.2, 0.25) is 0 Å². The van der Waals surface area contributed by atoms with Crippen molar-refractivity contribution >= 4 is 21.9 Å². The molecule has 0 saturated carbocycles. The van der Waals surface area contributed by atoms with Crippen LogP contribution in [0.4, 0.5) is 0 Å². The molecular formula is C14H16BrN3O3. The van der Waals surface area contributed by atoms with E-state index in [4.69, 9.17) is 9.84 Å². The predicted molar refractivity (Wildman–Crippen MR) is 80.5 cm³/mol. The molecule has 0 aliphatic heterocycles. The molecular weight excluding hydrogens is 338 g/mol. The third-order valence-electron chi connectivity index (χ3n) is 3.03. The smallest absolute Gasteiger partial charge is 0.358 e. The third-order valence-corrected chi connectivity index (χ3v) is 3.95. The number of carbonyl (C=O) groups is 1. The largest absolute Gasteiger partial charge is 0.485 e. The highest BCUT2D eigenvalue weighted by Crippen LogP contribution is 2.24. The van der Waals surface area contributed by atoms with Crippen molar-refractivity contribution in [2.45, 2.75) is 33.4 Å². The molecule has 7 heteroatoms. The summed E-state index contributed by atoms with van der Waals surface area (Å²) in [4.78, 5) is 14.9. The van der Waals surface area contributed by atoms with E-state index in [1.54, 1.807) is 12.1 Å². The molecule has 0 atom stereocenters. The maximum absolute atomic E-state index is 11.1. The van der Waals surface area contributed by atoms with Crippen LogP contribution in [-0.4, -0.2) is 25.8 Å². The zero-order chi connectivity index (χ0) is 15.4. The first-order valence-electron chi connectivity index (χ1n) is 6.63. The van der Waals surface area contributed by atoms with E-state index in [1.165, 1.54) is 6.20 Å². The maximum Gasteiger partial charge on any atom is 0.358 e. The molecule has 0 aromatic carbocycles. The van der Waals surface area contributed by atoms with Gasteiger partial charge < -0.3 is 9.84 Å². The quantitative estimate of drug-likeness (QED) is 0.863. The highest BCUT2D eigenvalue weighted by atomic mass is 79.9. The lowest BCUT2D eigenvalue weighted by Crippen LogP contribution is -2.09. The molecule has 0 spiro atoms. The molecule has 1 N–H and O–H groups in total. The fraction of sp³-hybridized carbons (Fsp3) is 0.357. The van der Waals surface area contributed by atoms with Crippen molar-refractivity contribution < 1.29 is 14.6 Å². The summed E-state index contributed by atoms with van der Waals surface area (Å²) in [6, 6.07) is 3.24. The molecule has 0 unspecified atom stereocenters. The van der Waals surface area contributed by atoms with E-state index in [9.17, 15) is 4.79 Å². The first-order chi connectivity index (χ1) is 10.1. The topological polar surface area (TPSA) is 77.2 Å². The van der Waals surface area contributed by atoms with Crippen molar-refractivity contribution in [1.29, 1.82) is 0 Å². The summed E-state index contributed by atoms with van der Waals surface area (Å²) < 4.78 is 8.39. The highest BCUT2D eigenvalue weighted by molar-refractivity contribution is 9.10. The highest BCUT2D eigenvalue weighted by Gasteiger charge is 2.17. The van der Waals surface area contributed by atoms with E-state index < -0.39 is 5.97 Å². The average Bonchev–Trinajstić information content (AvgIpc) is 2.80. The van der Waals surface area contributed by atoms with Crippen molar-refractivity contribution in [2.75, 3.05) is 0 Å². The molecule has 2 rings (SSSR count). The number of ether oxygens (including phenoxy) is 1. The van der Waals surface area contributed by atoms with Gasteiger partial charge in [-0.3, -0.25) is 4.68 Å². The lowest BCUT2D eigenvalue weighted by Gasteiger charge is -2.09. The molecule has 0 saturated heterocycles. The minimum atomic E-state index is -1.11. The van der Waals surface area contributed by atoms with Crippen LogP contribution < -0.4 is 4.74 Å². The van der Waals surface area contributed by atoms with Crippen molar-refractivity contribution in [3.8, 4) is 5.75 Å². The van der Waals surface area contributed by atoms with E-state index in [0.29, 0.717) is 0 Å². The Morgan fingerprint density at radius 1 is 1.48 bits per heavy atom. The Labute approximate surface area is 130 Å². The number of halogens is 1. The van der Waals surface area contributed by atoms with E-state index in [0.717, 1.165) is 28.8 Å². The molecule has 2 heterocycles. The van der Waals surface area contributed by atoms with Crippen molar-refractivity contribution in [1.82, 2.24) is 14.8 Å². The number of hydrogen-bond acceptors (Lipinski definition) is 4. The number of hydrogen-bond donors (Lipinski definition) is 1. The minimum Gasteiger partial charge on any atom is -0.485 e. The molecule has 2 aromatic rings. The summed E-state index contributed by atoms with van der Waals surface area (Å²) in [6.45, 7) is 4.97. The van der Waals surface area contributed by atoms with Gasteiger partial charge in [0.1, 0.15) is 6.61 Å². The SMILES string of the molecule is CCc1nn(CC)c(COc2cccnc2C(=O)O)c1Br. The summed E-state index contributed by atoms with van der Waals surface area (Å²) in [5.41, 5.74) is 1.75. The number of nitrogens with zero attached hydrogens (tertiary/aromatic N) is 3. The van der Waals surface area contributed by atoms with Crippen molar-refractivity contribution in [3.63, 3.8) is 0 Å². The van der Waals surface area contributed by atoms with E-state index in [2.05, 4.69) is 26.0 Å². The van der Waals surface area contributed by atoms with Crippen LogP contribution in [-0.2, 0) is 19.6 Å². The molecule has 6 nitrogen and oxygen atoms in total. The Balaban J connectivity index is 2.25. The number of aryl methyl sites for hydroxylation is 2. The molecule has 21 heavy (non-hydrogen) atoms. The summed E-state index contributed by atoms with van der Waals surface area (Å²) in [7, 11) is 0. The lowest BCUT2D eigenvalue weighted by atomic mass is 10.3. The minimum absolute atomic E-state index is 0.0908. The molecule has 0 aliphatic carbocycles. The molecule has 0 fully saturated rings. The van der Waals surface area contributed by atoms with Gasteiger partial charge in [0.15, 0.2) is 11.4 Å².